The maximum atomic E-state index is 13.0. The minimum absolute atomic E-state index is 0.0302. The molecule has 1 aromatic heterocycles. The Morgan fingerprint density at radius 2 is 1.97 bits per heavy atom. The van der Waals surface area contributed by atoms with Gasteiger partial charge in [0, 0.05) is 24.6 Å². The lowest BCUT2D eigenvalue weighted by Gasteiger charge is -2.38. The number of nitrogens with zero attached hydrogens (tertiary/aromatic N) is 5. The van der Waals surface area contributed by atoms with Crippen molar-refractivity contribution in [2.24, 2.45) is 0 Å². The van der Waals surface area contributed by atoms with Gasteiger partial charge in [-0.25, -0.2) is 9.97 Å². The second-order valence-corrected chi connectivity index (χ2v) is 8.96. The first-order valence-electron chi connectivity index (χ1n) is 10.8. The molecule has 0 bridgehead atoms. The summed E-state index contributed by atoms with van der Waals surface area (Å²) in [5.74, 6) is 2.80. The van der Waals surface area contributed by atoms with E-state index in [1.807, 2.05) is 18.9 Å². The largest absolute Gasteiger partial charge is 0.355 e. The van der Waals surface area contributed by atoms with Gasteiger partial charge in [-0.05, 0) is 59.8 Å². The van der Waals surface area contributed by atoms with Crippen molar-refractivity contribution in [3.63, 3.8) is 0 Å². The zero-order valence-corrected chi connectivity index (χ0v) is 20.5. The normalized spacial score (nSPS) is 13.8. The van der Waals surface area contributed by atoms with Gasteiger partial charge in [-0.2, -0.15) is 0 Å². The molecule has 0 aliphatic carbocycles. The van der Waals surface area contributed by atoms with Gasteiger partial charge in [-0.15, -0.1) is 0 Å². The second-order valence-electron chi connectivity index (χ2n) is 8.10. The van der Waals surface area contributed by atoms with Crippen molar-refractivity contribution >= 4 is 44.8 Å². The highest BCUT2D eigenvalue weighted by atomic mass is 79.9. The summed E-state index contributed by atoms with van der Waals surface area (Å²) in [5, 5.41) is 0. The third-order valence-electron chi connectivity index (χ3n) is 5.61. The smallest absolute Gasteiger partial charge is 0.246 e. The minimum Gasteiger partial charge on any atom is -0.355 e. The summed E-state index contributed by atoms with van der Waals surface area (Å²) in [4.78, 5) is 28.5. The van der Waals surface area contributed by atoms with Gasteiger partial charge in [0.1, 0.15) is 18.1 Å². The summed E-state index contributed by atoms with van der Waals surface area (Å²) in [5.41, 5.74) is 2.99. The van der Waals surface area contributed by atoms with E-state index in [0.29, 0.717) is 11.7 Å². The summed E-state index contributed by atoms with van der Waals surface area (Å²) in [7, 11) is 1.82. The number of fused-ring (bicyclic) bond motifs is 1. The van der Waals surface area contributed by atoms with Crippen molar-refractivity contribution in [1.29, 1.82) is 0 Å². The molecule has 0 saturated heterocycles. The molecule has 0 N–H and O–H groups in total. The first-order valence-corrected chi connectivity index (χ1v) is 11.5. The van der Waals surface area contributed by atoms with Gasteiger partial charge in [-0.1, -0.05) is 33.3 Å². The predicted octanol–water partition coefficient (Wildman–Crippen LogP) is 5.41. The van der Waals surface area contributed by atoms with Crippen LogP contribution < -0.4 is 14.7 Å². The fourth-order valence-electron chi connectivity index (χ4n) is 3.75. The standard InChI is InChI=1S/C23H32BrN5O/c1-7-9-12-28(8-2)22-21-23(26-16(5)25-22)29(14-20(30)27(21)6)19-11-10-17(15(3)4)13-18(19)24/h10-11,13,15H,7-9,12,14H2,1-6H3. The van der Waals surface area contributed by atoms with Gasteiger partial charge in [0.05, 0.1) is 5.69 Å². The van der Waals surface area contributed by atoms with Crippen molar-refractivity contribution in [3.8, 4) is 0 Å². The van der Waals surface area contributed by atoms with Crippen LogP contribution in [0, 0.1) is 6.92 Å². The fraction of sp³-hybridized carbons (Fsp3) is 0.522. The molecule has 6 nitrogen and oxygen atoms in total. The van der Waals surface area contributed by atoms with Gasteiger partial charge in [0.25, 0.3) is 0 Å². The quantitative estimate of drug-likeness (QED) is 0.537. The van der Waals surface area contributed by atoms with E-state index in [0.717, 1.165) is 53.4 Å². The van der Waals surface area contributed by atoms with Crippen molar-refractivity contribution in [2.45, 2.75) is 53.4 Å². The Morgan fingerprint density at radius 1 is 1.23 bits per heavy atom. The summed E-state index contributed by atoms with van der Waals surface area (Å²) >= 11 is 3.73. The van der Waals surface area contributed by atoms with Gasteiger partial charge in [0.15, 0.2) is 11.6 Å². The molecule has 7 heteroatoms. The van der Waals surface area contributed by atoms with Crippen LogP contribution in [-0.2, 0) is 4.79 Å². The van der Waals surface area contributed by atoms with Crippen LogP contribution in [0.1, 0.15) is 57.8 Å². The number of benzene rings is 1. The van der Waals surface area contributed by atoms with Crippen LogP contribution in [0.15, 0.2) is 22.7 Å². The first kappa shape index (κ1) is 22.5. The van der Waals surface area contributed by atoms with Gasteiger partial charge in [-0.3, -0.25) is 4.79 Å². The molecule has 2 aromatic rings. The average Bonchev–Trinajstić information content (AvgIpc) is 2.71. The Bertz CT molecular complexity index is 930. The first-order chi connectivity index (χ1) is 14.3. The van der Waals surface area contributed by atoms with Gasteiger partial charge < -0.3 is 14.7 Å². The van der Waals surface area contributed by atoms with Gasteiger partial charge >= 0.3 is 0 Å². The van der Waals surface area contributed by atoms with Crippen LogP contribution in [0.3, 0.4) is 0 Å². The third-order valence-corrected chi connectivity index (χ3v) is 6.24. The number of hydrogen-bond acceptors (Lipinski definition) is 5. The highest BCUT2D eigenvalue weighted by Gasteiger charge is 2.34. The molecule has 2 heterocycles. The number of likely N-dealkylation sites (N-methyl/N-ethyl adjacent to an activating group) is 1. The highest BCUT2D eigenvalue weighted by Crippen LogP contribution is 2.43. The Hall–Kier alpha value is -2.15. The monoisotopic (exact) mass is 473 g/mol. The van der Waals surface area contributed by atoms with Crippen LogP contribution in [0.5, 0.6) is 0 Å². The van der Waals surface area contributed by atoms with E-state index in [1.165, 1.54) is 5.56 Å². The van der Waals surface area contributed by atoms with E-state index < -0.39 is 0 Å². The summed E-state index contributed by atoms with van der Waals surface area (Å²) in [6, 6.07) is 6.34. The van der Waals surface area contributed by atoms with Crippen molar-refractivity contribution in [2.75, 3.05) is 41.4 Å². The van der Waals surface area contributed by atoms with E-state index in [2.05, 4.69) is 66.7 Å². The Kier molecular flexibility index (Phi) is 7.01. The average molecular weight is 474 g/mol. The molecule has 0 saturated carbocycles. The number of carbonyl (C=O) groups excluding carboxylic acids is 1. The molecule has 0 unspecified atom stereocenters. The predicted molar refractivity (Wildman–Crippen MR) is 128 cm³/mol. The number of unbranched alkanes of at least 4 members (excludes halogenated alkanes) is 1. The zero-order chi connectivity index (χ0) is 22.0. The number of aromatic nitrogens is 2. The maximum absolute atomic E-state index is 13.0. The van der Waals surface area contributed by atoms with E-state index >= 15 is 0 Å². The molecular formula is C23H32BrN5O. The molecule has 0 fully saturated rings. The second kappa shape index (κ2) is 9.33. The molecule has 30 heavy (non-hydrogen) atoms. The summed E-state index contributed by atoms with van der Waals surface area (Å²) in [6.07, 6.45) is 2.19. The molecule has 1 aromatic carbocycles. The van der Waals surface area contributed by atoms with E-state index in [-0.39, 0.29) is 12.5 Å². The minimum atomic E-state index is 0.0302. The number of anilines is 4. The lowest BCUT2D eigenvalue weighted by molar-refractivity contribution is -0.117. The van der Waals surface area contributed by atoms with E-state index in [9.17, 15) is 4.79 Å². The van der Waals surface area contributed by atoms with Crippen LogP contribution >= 0.6 is 15.9 Å². The van der Waals surface area contributed by atoms with Crippen LogP contribution in [0.25, 0.3) is 0 Å². The highest BCUT2D eigenvalue weighted by molar-refractivity contribution is 9.10. The van der Waals surface area contributed by atoms with E-state index in [4.69, 9.17) is 9.97 Å². The Morgan fingerprint density at radius 3 is 2.57 bits per heavy atom. The number of halogens is 1. The fourth-order valence-corrected chi connectivity index (χ4v) is 4.36. The van der Waals surface area contributed by atoms with Crippen molar-refractivity contribution in [1.82, 2.24) is 9.97 Å². The van der Waals surface area contributed by atoms with Crippen LogP contribution in [0.2, 0.25) is 0 Å². The lowest BCUT2D eigenvalue weighted by Crippen LogP contribution is -2.44. The number of carbonyl (C=O) groups is 1. The molecule has 3 rings (SSSR count). The SMILES string of the molecule is CCCCN(CC)c1nc(C)nc2c1N(C)C(=O)CN2c1ccc(C(C)C)cc1Br. The van der Waals surface area contributed by atoms with Crippen LogP contribution in [0.4, 0.5) is 23.0 Å². The summed E-state index contributed by atoms with van der Waals surface area (Å²) in [6.45, 7) is 12.6. The molecule has 162 valence electrons. The van der Waals surface area contributed by atoms with E-state index in [1.54, 1.807) is 4.90 Å². The molecule has 1 amide bonds. The van der Waals surface area contributed by atoms with Crippen LogP contribution in [-0.4, -0.2) is 42.6 Å². The number of aryl methyl sites for hydroxylation is 1. The van der Waals surface area contributed by atoms with Crippen molar-refractivity contribution in [3.05, 3.63) is 34.1 Å². The molecule has 0 spiro atoms. The molecule has 1 aliphatic rings. The van der Waals surface area contributed by atoms with Crippen molar-refractivity contribution < 1.29 is 4.79 Å². The number of amides is 1. The lowest BCUT2D eigenvalue weighted by atomic mass is 10.0. The number of rotatable bonds is 7. The number of hydrogen-bond donors (Lipinski definition) is 0. The maximum Gasteiger partial charge on any atom is 0.246 e. The topological polar surface area (TPSA) is 52.6 Å². The zero-order valence-electron chi connectivity index (χ0n) is 18.9. The molecule has 0 atom stereocenters. The summed E-state index contributed by atoms with van der Waals surface area (Å²) < 4.78 is 0.966. The molecule has 1 aliphatic heterocycles. The Balaban J connectivity index is 2.16. The third kappa shape index (κ3) is 4.31. The molecular weight excluding hydrogens is 442 g/mol. The molecule has 0 radical (unpaired) electrons. The Labute approximate surface area is 188 Å². The van der Waals surface area contributed by atoms with Gasteiger partial charge in [0.2, 0.25) is 5.91 Å².